The summed E-state index contributed by atoms with van der Waals surface area (Å²) in [5.41, 5.74) is 5.13. The summed E-state index contributed by atoms with van der Waals surface area (Å²) in [6.07, 6.45) is 0.117. The third-order valence-corrected chi connectivity index (χ3v) is 3.01. The molecule has 1 atom stereocenters. The number of rotatable bonds is 1. The number of benzene rings is 1. The van der Waals surface area contributed by atoms with Gasteiger partial charge in [0.1, 0.15) is 0 Å². The van der Waals surface area contributed by atoms with Crippen molar-refractivity contribution >= 4 is 17.6 Å². The van der Waals surface area contributed by atoms with E-state index in [1.807, 2.05) is 0 Å². The highest BCUT2D eigenvalue weighted by atomic mass is 19.1. The number of carbonyl (C=O) groups is 1. The number of nitrogens with one attached hydrogen (secondary N) is 2. The number of nitrogen functional groups attached to an aromatic ring is 1. The predicted molar refractivity (Wildman–Crippen MR) is 67.4 cm³/mol. The second-order valence-corrected chi connectivity index (χ2v) is 4.46. The van der Waals surface area contributed by atoms with Crippen LogP contribution in [0.1, 0.15) is 18.9 Å². The summed E-state index contributed by atoms with van der Waals surface area (Å²) in [7, 11) is 1.55. The van der Waals surface area contributed by atoms with Gasteiger partial charge in [0, 0.05) is 12.6 Å². The van der Waals surface area contributed by atoms with Crippen LogP contribution in [0, 0.1) is 5.82 Å². The lowest BCUT2D eigenvalue weighted by Crippen LogP contribution is -2.58. The zero-order chi connectivity index (χ0) is 13.3. The monoisotopic (exact) mass is 250 g/mol. The van der Waals surface area contributed by atoms with Crippen LogP contribution in [0.4, 0.5) is 10.1 Å². The van der Waals surface area contributed by atoms with Gasteiger partial charge in [-0.15, -0.1) is 0 Å². The zero-order valence-corrected chi connectivity index (χ0v) is 10.2. The maximum atomic E-state index is 14.1. The quantitative estimate of drug-likeness (QED) is 0.642. The lowest BCUT2D eigenvalue weighted by molar-refractivity contribution is -0.121. The molecule has 0 bridgehead atoms. The lowest BCUT2D eigenvalue weighted by atomic mass is 9.86. The standard InChI is InChI=1S/C12H15FN4O/c1-12(6-9(18)16-11(15-2)17-12)7-4-3-5-8(14)10(7)13/h3-5H,6,14H2,1-2H3,(H2,15,16,17,18)/t12-/m0/s1. The molecule has 0 aliphatic carbocycles. The maximum Gasteiger partial charge on any atom is 0.229 e. The molecule has 6 heteroatoms. The van der Waals surface area contributed by atoms with Crippen LogP contribution in [0.25, 0.3) is 0 Å². The highest BCUT2D eigenvalue weighted by molar-refractivity contribution is 6.00. The average molecular weight is 250 g/mol. The van der Waals surface area contributed by atoms with Gasteiger partial charge in [0.25, 0.3) is 0 Å². The Kier molecular flexibility index (Phi) is 2.94. The van der Waals surface area contributed by atoms with Crippen LogP contribution in [-0.2, 0) is 10.3 Å². The minimum atomic E-state index is -0.851. The molecule has 0 unspecified atom stereocenters. The van der Waals surface area contributed by atoms with Crippen molar-refractivity contribution in [2.75, 3.05) is 12.8 Å². The molecule has 0 aromatic heterocycles. The number of halogens is 1. The molecule has 96 valence electrons. The van der Waals surface area contributed by atoms with Crippen LogP contribution in [0.5, 0.6) is 0 Å². The molecule has 1 fully saturated rings. The van der Waals surface area contributed by atoms with Crippen molar-refractivity contribution in [3.05, 3.63) is 29.6 Å². The number of carbonyl (C=O) groups excluding carboxylic acids is 1. The highest BCUT2D eigenvalue weighted by Crippen LogP contribution is 2.30. The number of guanidine groups is 1. The first kappa shape index (κ1) is 12.3. The molecule has 1 heterocycles. The SMILES string of the molecule is CN=C1NC(=O)C[C@@](C)(c2cccc(N)c2F)N1. The molecule has 18 heavy (non-hydrogen) atoms. The first-order valence-corrected chi connectivity index (χ1v) is 5.55. The smallest absolute Gasteiger partial charge is 0.229 e. The van der Waals surface area contributed by atoms with Crippen molar-refractivity contribution in [3.8, 4) is 0 Å². The van der Waals surface area contributed by atoms with E-state index in [0.29, 0.717) is 11.5 Å². The van der Waals surface area contributed by atoms with Crippen molar-refractivity contribution in [2.24, 2.45) is 4.99 Å². The zero-order valence-electron chi connectivity index (χ0n) is 10.2. The Morgan fingerprint density at radius 1 is 1.50 bits per heavy atom. The van der Waals surface area contributed by atoms with Gasteiger partial charge in [0.2, 0.25) is 5.91 Å². The number of nitrogens with zero attached hydrogens (tertiary/aromatic N) is 1. The Hall–Kier alpha value is -2.11. The van der Waals surface area contributed by atoms with Gasteiger partial charge in [-0.25, -0.2) is 4.39 Å². The molecule has 1 saturated heterocycles. The van der Waals surface area contributed by atoms with Crippen molar-refractivity contribution in [2.45, 2.75) is 18.9 Å². The summed E-state index contributed by atoms with van der Waals surface area (Å²) in [4.78, 5) is 15.5. The molecule has 1 aromatic rings. The molecular weight excluding hydrogens is 235 g/mol. The second kappa shape index (κ2) is 4.29. The molecule has 1 amide bonds. The number of anilines is 1. The summed E-state index contributed by atoms with van der Waals surface area (Å²) in [6, 6.07) is 4.76. The van der Waals surface area contributed by atoms with E-state index in [1.165, 1.54) is 6.07 Å². The van der Waals surface area contributed by atoms with Gasteiger partial charge < -0.3 is 11.1 Å². The first-order valence-electron chi connectivity index (χ1n) is 5.55. The minimum Gasteiger partial charge on any atom is -0.396 e. The van der Waals surface area contributed by atoms with Gasteiger partial charge in [0.05, 0.1) is 17.6 Å². The lowest BCUT2D eigenvalue weighted by Gasteiger charge is -2.36. The van der Waals surface area contributed by atoms with E-state index in [0.717, 1.165) is 0 Å². The van der Waals surface area contributed by atoms with Crippen LogP contribution < -0.4 is 16.4 Å². The Balaban J connectivity index is 2.47. The van der Waals surface area contributed by atoms with Crippen molar-refractivity contribution in [3.63, 3.8) is 0 Å². The van der Waals surface area contributed by atoms with Crippen LogP contribution in [0.2, 0.25) is 0 Å². The minimum absolute atomic E-state index is 0.0662. The summed E-state index contributed by atoms with van der Waals surface area (Å²) < 4.78 is 14.1. The fraction of sp³-hybridized carbons (Fsp3) is 0.333. The number of hydrogen-bond acceptors (Lipinski definition) is 3. The van der Waals surface area contributed by atoms with E-state index in [-0.39, 0.29) is 18.0 Å². The Labute approximate surface area is 104 Å². The van der Waals surface area contributed by atoms with Gasteiger partial charge in [-0.2, -0.15) is 0 Å². The van der Waals surface area contributed by atoms with Crippen LogP contribution in [0.3, 0.4) is 0 Å². The van der Waals surface area contributed by atoms with Gasteiger partial charge in [-0.3, -0.25) is 15.1 Å². The fourth-order valence-electron chi connectivity index (χ4n) is 2.08. The third-order valence-electron chi connectivity index (χ3n) is 3.01. The molecule has 5 nitrogen and oxygen atoms in total. The molecule has 2 rings (SSSR count). The van der Waals surface area contributed by atoms with Crippen molar-refractivity contribution in [1.82, 2.24) is 10.6 Å². The number of aliphatic imine (C=N–C) groups is 1. The van der Waals surface area contributed by atoms with E-state index in [2.05, 4.69) is 15.6 Å². The fourth-order valence-corrected chi connectivity index (χ4v) is 2.08. The molecule has 1 aliphatic rings. The topological polar surface area (TPSA) is 79.5 Å². The number of amides is 1. The summed E-state index contributed by atoms with van der Waals surface area (Å²) in [5.74, 6) is -0.382. The summed E-state index contributed by atoms with van der Waals surface area (Å²) in [5, 5.41) is 5.59. The third kappa shape index (κ3) is 2.01. The molecular formula is C12H15FN4O. The second-order valence-electron chi connectivity index (χ2n) is 4.46. The van der Waals surface area contributed by atoms with Gasteiger partial charge in [0.15, 0.2) is 11.8 Å². The van der Waals surface area contributed by atoms with E-state index in [9.17, 15) is 9.18 Å². The molecule has 0 saturated carbocycles. The predicted octanol–water partition coefficient (Wildman–Crippen LogP) is 0.718. The Morgan fingerprint density at radius 3 is 2.89 bits per heavy atom. The highest BCUT2D eigenvalue weighted by Gasteiger charge is 2.37. The van der Waals surface area contributed by atoms with Crippen molar-refractivity contribution < 1.29 is 9.18 Å². The van der Waals surface area contributed by atoms with Crippen LogP contribution >= 0.6 is 0 Å². The van der Waals surface area contributed by atoms with E-state index >= 15 is 0 Å². The number of nitrogens with two attached hydrogens (primary N) is 1. The van der Waals surface area contributed by atoms with E-state index in [1.54, 1.807) is 26.1 Å². The molecule has 4 N–H and O–H groups in total. The van der Waals surface area contributed by atoms with Gasteiger partial charge in [-0.05, 0) is 13.0 Å². The van der Waals surface area contributed by atoms with E-state index in [4.69, 9.17) is 5.73 Å². The van der Waals surface area contributed by atoms with E-state index < -0.39 is 11.4 Å². The summed E-state index contributed by atoms with van der Waals surface area (Å²) >= 11 is 0. The maximum absolute atomic E-state index is 14.1. The van der Waals surface area contributed by atoms with Gasteiger partial charge >= 0.3 is 0 Å². The first-order chi connectivity index (χ1) is 8.46. The number of hydrogen-bond donors (Lipinski definition) is 3. The largest absolute Gasteiger partial charge is 0.396 e. The molecule has 0 spiro atoms. The molecule has 1 aromatic carbocycles. The summed E-state index contributed by atoms with van der Waals surface area (Å²) in [6.45, 7) is 1.74. The molecule has 0 radical (unpaired) electrons. The average Bonchev–Trinajstić information content (AvgIpc) is 2.31. The van der Waals surface area contributed by atoms with Gasteiger partial charge in [-0.1, -0.05) is 12.1 Å². The van der Waals surface area contributed by atoms with Crippen molar-refractivity contribution in [1.29, 1.82) is 0 Å². The Bertz CT molecular complexity index is 529. The molecule has 1 aliphatic heterocycles. The van der Waals surface area contributed by atoms with Crippen LogP contribution in [-0.4, -0.2) is 18.9 Å². The normalized spacial score (nSPS) is 25.7. The Morgan fingerprint density at radius 2 is 2.22 bits per heavy atom. The van der Waals surface area contributed by atoms with Crippen LogP contribution in [0.15, 0.2) is 23.2 Å².